The molecule has 2 saturated carbocycles. The third-order valence-corrected chi connectivity index (χ3v) is 6.70. The topological polar surface area (TPSA) is 64.0 Å². The first-order valence-electron chi connectivity index (χ1n) is 7.39. The zero-order valence-electron chi connectivity index (χ0n) is 12.3. The SMILES string of the molecule is Cc1nn(C)cc1S(=O)(=O)NC(C)C1CC2CCC1C2. The van der Waals surface area contributed by atoms with Gasteiger partial charge in [0.25, 0.3) is 0 Å². The van der Waals surface area contributed by atoms with Gasteiger partial charge in [0.2, 0.25) is 10.0 Å². The largest absolute Gasteiger partial charge is 0.274 e. The quantitative estimate of drug-likeness (QED) is 0.922. The van der Waals surface area contributed by atoms with Crippen molar-refractivity contribution in [1.29, 1.82) is 0 Å². The zero-order chi connectivity index (χ0) is 14.5. The molecule has 0 radical (unpaired) electrons. The fourth-order valence-electron chi connectivity index (χ4n) is 4.14. The van der Waals surface area contributed by atoms with E-state index in [9.17, 15) is 8.42 Å². The minimum absolute atomic E-state index is 0.00917. The maximum Gasteiger partial charge on any atom is 0.244 e. The molecule has 1 aromatic rings. The van der Waals surface area contributed by atoms with Crippen molar-refractivity contribution in [2.75, 3.05) is 0 Å². The van der Waals surface area contributed by atoms with Crippen LogP contribution in [0.4, 0.5) is 0 Å². The molecular weight excluding hydrogens is 274 g/mol. The molecule has 3 rings (SSSR count). The van der Waals surface area contributed by atoms with Crippen molar-refractivity contribution in [2.24, 2.45) is 24.8 Å². The lowest BCUT2D eigenvalue weighted by molar-refractivity contribution is 0.280. The van der Waals surface area contributed by atoms with Crippen LogP contribution in [0.5, 0.6) is 0 Å². The monoisotopic (exact) mass is 297 g/mol. The van der Waals surface area contributed by atoms with Crippen molar-refractivity contribution in [3.63, 3.8) is 0 Å². The van der Waals surface area contributed by atoms with E-state index in [0.717, 1.165) is 5.92 Å². The van der Waals surface area contributed by atoms with E-state index >= 15 is 0 Å². The Hall–Kier alpha value is -0.880. The van der Waals surface area contributed by atoms with E-state index in [1.807, 2.05) is 6.92 Å². The Morgan fingerprint density at radius 1 is 1.40 bits per heavy atom. The Bertz CT molecular complexity index is 608. The van der Waals surface area contributed by atoms with Crippen LogP contribution in [0.1, 0.15) is 38.3 Å². The molecule has 1 N–H and O–H groups in total. The van der Waals surface area contributed by atoms with Gasteiger partial charge in [-0.3, -0.25) is 4.68 Å². The molecule has 4 unspecified atom stereocenters. The summed E-state index contributed by atoms with van der Waals surface area (Å²) in [6.45, 7) is 3.74. The Balaban J connectivity index is 1.75. The first-order valence-corrected chi connectivity index (χ1v) is 8.87. The summed E-state index contributed by atoms with van der Waals surface area (Å²) < 4.78 is 29.4. The highest BCUT2D eigenvalue weighted by Gasteiger charge is 2.42. The van der Waals surface area contributed by atoms with Crippen LogP contribution in [0.25, 0.3) is 0 Å². The van der Waals surface area contributed by atoms with Crippen LogP contribution in [0.3, 0.4) is 0 Å². The molecule has 2 aliphatic carbocycles. The smallest absolute Gasteiger partial charge is 0.244 e. The Morgan fingerprint density at radius 3 is 2.65 bits per heavy atom. The summed E-state index contributed by atoms with van der Waals surface area (Å²) in [5.41, 5.74) is 0.556. The van der Waals surface area contributed by atoms with Crippen LogP contribution < -0.4 is 4.72 Å². The lowest BCUT2D eigenvalue weighted by Gasteiger charge is -2.28. The first kappa shape index (κ1) is 14.1. The molecule has 0 aromatic carbocycles. The summed E-state index contributed by atoms with van der Waals surface area (Å²) in [6, 6.07) is 0.00917. The minimum atomic E-state index is -3.46. The van der Waals surface area contributed by atoms with Crippen LogP contribution in [0.15, 0.2) is 11.1 Å². The summed E-state index contributed by atoms with van der Waals surface area (Å²) in [7, 11) is -1.72. The molecule has 0 saturated heterocycles. The van der Waals surface area contributed by atoms with Crippen molar-refractivity contribution in [2.45, 2.75) is 50.5 Å². The predicted octanol–water partition coefficient (Wildman–Crippen LogP) is 1.83. The molecule has 0 amide bonds. The lowest BCUT2D eigenvalue weighted by Crippen LogP contribution is -2.40. The Labute approximate surface area is 120 Å². The van der Waals surface area contributed by atoms with E-state index in [0.29, 0.717) is 22.4 Å². The minimum Gasteiger partial charge on any atom is -0.274 e. The molecule has 0 spiro atoms. The van der Waals surface area contributed by atoms with Crippen LogP contribution in [-0.4, -0.2) is 24.2 Å². The van der Waals surface area contributed by atoms with Crippen molar-refractivity contribution < 1.29 is 8.42 Å². The third-order valence-electron chi connectivity index (χ3n) is 5.03. The van der Waals surface area contributed by atoms with E-state index in [1.54, 1.807) is 24.9 Å². The van der Waals surface area contributed by atoms with Gasteiger partial charge >= 0.3 is 0 Å². The predicted molar refractivity (Wildman–Crippen MR) is 76.7 cm³/mol. The highest BCUT2D eigenvalue weighted by atomic mass is 32.2. The second-order valence-electron chi connectivity index (χ2n) is 6.50. The van der Waals surface area contributed by atoms with E-state index < -0.39 is 10.0 Å². The molecule has 2 bridgehead atoms. The maximum absolute atomic E-state index is 12.5. The highest BCUT2D eigenvalue weighted by Crippen LogP contribution is 2.49. The number of nitrogens with zero attached hydrogens (tertiary/aromatic N) is 2. The van der Waals surface area contributed by atoms with Crippen LogP contribution >= 0.6 is 0 Å². The number of sulfonamides is 1. The van der Waals surface area contributed by atoms with Crippen molar-refractivity contribution in [1.82, 2.24) is 14.5 Å². The molecule has 20 heavy (non-hydrogen) atoms. The standard InChI is InChI=1S/C14H23N3O2S/c1-9(13-7-11-4-5-12(13)6-11)16-20(18,19)14-8-17(3)15-10(14)2/h8-9,11-13,16H,4-7H2,1-3H3. The second-order valence-corrected chi connectivity index (χ2v) is 8.18. The number of aryl methyl sites for hydroxylation is 2. The molecule has 5 nitrogen and oxygen atoms in total. The van der Waals surface area contributed by atoms with Crippen LogP contribution in [0.2, 0.25) is 0 Å². The number of rotatable bonds is 4. The average Bonchev–Trinajstić information content (AvgIpc) is 3.03. The van der Waals surface area contributed by atoms with E-state index in [-0.39, 0.29) is 6.04 Å². The zero-order valence-corrected chi connectivity index (χ0v) is 13.2. The van der Waals surface area contributed by atoms with Gasteiger partial charge in [0, 0.05) is 19.3 Å². The molecule has 112 valence electrons. The molecule has 1 heterocycles. The Morgan fingerprint density at radius 2 is 2.15 bits per heavy atom. The molecule has 6 heteroatoms. The lowest BCUT2D eigenvalue weighted by atomic mass is 9.84. The summed E-state index contributed by atoms with van der Waals surface area (Å²) in [6.07, 6.45) is 6.66. The van der Waals surface area contributed by atoms with Gasteiger partial charge in [-0.2, -0.15) is 5.10 Å². The first-order chi connectivity index (χ1) is 9.37. The van der Waals surface area contributed by atoms with E-state index in [2.05, 4.69) is 9.82 Å². The van der Waals surface area contributed by atoms with Crippen molar-refractivity contribution in [3.8, 4) is 0 Å². The van der Waals surface area contributed by atoms with Gasteiger partial charge in [-0.05, 0) is 50.9 Å². The van der Waals surface area contributed by atoms with Gasteiger partial charge in [-0.25, -0.2) is 13.1 Å². The van der Waals surface area contributed by atoms with Gasteiger partial charge in [0.1, 0.15) is 4.90 Å². The van der Waals surface area contributed by atoms with Gasteiger partial charge in [0.05, 0.1) is 5.69 Å². The second kappa shape index (κ2) is 4.84. The summed E-state index contributed by atoms with van der Waals surface area (Å²) >= 11 is 0. The number of hydrogen-bond acceptors (Lipinski definition) is 3. The average molecular weight is 297 g/mol. The number of fused-ring (bicyclic) bond motifs is 2. The maximum atomic E-state index is 12.5. The summed E-state index contributed by atoms with van der Waals surface area (Å²) in [5, 5.41) is 4.12. The van der Waals surface area contributed by atoms with Gasteiger partial charge in [-0.1, -0.05) is 6.42 Å². The number of nitrogens with one attached hydrogen (secondary N) is 1. The van der Waals surface area contributed by atoms with Crippen molar-refractivity contribution in [3.05, 3.63) is 11.9 Å². The van der Waals surface area contributed by atoms with Crippen LogP contribution in [0, 0.1) is 24.7 Å². The van der Waals surface area contributed by atoms with Crippen LogP contribution in [-0.2, 0) is 17.1 Å². The van der Waals surface area contributed by atoms with Gasteiger partial charge in [-0.15, -0.1) is 0 Å². The molecule has 0 aliphatic heterocycles. The molecule has 2 fully saturated rings. The normalized spacial score (nSPS) is 30.9. The third kappa shape index (κ3) is 2.39. The van der Waals surface area contributed by atoms with Crippen molar-refractivity contribution >= 4 is 10.0 Å². The molecular formula is C14H23N3O2S. The van der Waals surface area contributed by atoms with E-state index in [4.69, 9.17) is 0 Å². The molecule has 2 aliphatic rings. The fraction of sp³-hybridized carbons (Fsp3) is 0.786. The number of hydrogen-bond donors (Lipinski definition) is 1. The van der Waals surface area contributed by atoms with Gasteiger partial charge in [0.15, 0.2) is 0 Å². The summed E-state index contributed by atoms with van der Waals surface area (Å²) in [5.74, 6) is 2.05. The van der Waals surface area contributed by atoms with Gasteiger partial charge < -0.3 is 0 Å². The summed E-state index contributed by atoms with van der Waals surface area (Å²) in [4.78, 5) is 0.301. The Kier molecular flexibility index (Phi) is 3.41. The molecule has 1 aromatic heterocycles. The molecule has 4 atom stereocenters. The van der Waals surface area contributed by atoms with E-state index in [1.165, 1.54) is 25.7 Å². The highest BCUT2D eigenvalue weighted by molar-refractivity contribution is 7.89. The fourth-order valence-corrected chi connectivity index (χ4v) is 5.66. The number of aromatic nitrogens is 2.